The molecule has 0 saturated carbocycles. The summed E-state index contributed by atoms with van der Waals surface area (Å²) in [4.78, 5) is 46.9. The number of carbonyl (C=O) groups is 2. The molecule has 0 saturated heterocycles. The highest BCUT2D eigenvalue weighted by Gasteiger charge is 2.41. The van der Waals surface area contributed by atoms with Crippen molar-refractivity contribution in [3.63, 3.8) is 0 Å². The molecule has 0 spiro atoms. The number of halogens is 4. The SMILES string of the molecule is Nc1ncc([C@H]2c3nc(N)[nH]c3CC(CNC(=O)c3cc(Br)c(Br)[nH]3)[C@H]2CNC(=O)c2cc(Br)c(Br)[nH]2)[nH]1. The second kappa shape index (κ2) is 10.9. The molecule has 1 aliphatic carbocycles. The fraction of sp³-hybridized carbons (Fsp3) is 0.273. The Balaban J connectivity index is 1.43. The van der Waals surface area contributed by atoms with Crippen LogP contribution in [-0.4, -0.2) is 54.8 Å². The number of aromatic nitrogens is 6. The van der Waals surface area contributed by atoms with E-state index >= 15 is 0 Å². The van der Waals surface area contributed by atoms with E-state index in [2.05, 4.69) is 104 Å². The number of carbonyl (C=O) groups excluding carboxylic acids is 2. The van der Waals surface area contributed by atoms with E-state index in [4.69, 9.17) is 11.5 Å². The predicted octanol–water partition coefficient (Wildman–Crippen LogP) is 3.78. The standard InChI is InChI=1S/C22H22Br4N10O2/c23-9-2-12(32-17(9)25)19(37)29-4-7-1-11-16(36-22(28)34-11)15(14-6-31-21(27)35-14)8(7)5-30-20(38)13-3-10(24)18(26)33-13/h2-3,6-8,15,32-33H,1,4-5H2,(H,29,37)(H,30,38)(H3,27,31,35)(H3,28,34,36)/t7?,8-,15+/m1/s1. The number of imidazole rings is 2. The summed E-state index contributed by atoms with van der Waals surface area (Å²) in [5.41, 5.74) is 15.1. The Morgan fingerprint density at radius 1 is 0.895 bits per heavy atom. The van der Waals surface area contributed by atoms with Gasteiger partial charge in [-0.1, -0.05) is 0 Å². The van der Waals surface area contributed by atoms with Gasteiger partial charge >= 0.3 is 0 Å². The van der Waals surface area contributed by atoms with Gasteiger partial charge in [-0.3, -0.25) is 9.59 Å². The Morgan fingerprint density at radius 2 is 1.50 bits per heavy atom. The van der Waals surface area contributed by atoms with Crippen LogP contribution in [0.25, 0.3) is 0 Å². The molecule has 0 aliphatic heterocycles. The topological polar surface area (TPSA) is 199 Å². The van der Waals surface area contributed by atoms with E-state index in [-0.39, 0.29) is 35.5 Å². The lowest BCUT2D eigenvalue weighted by Crippen LogP contribution is -2.44. The van der Waals surface area contributed by atoms with Crippen LogP contribution in [0, 0.1) is 11.8 Å². The number of nitrogens with one attached hydrogen (secondary N) is 6. The minimum Gasteiger partial charge on any atom is -0.369 e. The van der Waals surface area contributed by atoms with Gasteiger partial charge in [0.25, 0.3) is 11.8 Å². The predicted molar refractivity (Wildman–Crippen MR) is 156 cm³/mol. The largest absolute Gasteiger partial charge is 0.369 e. The molecule has 4 aromatic rings. The summed E-state index contributed by atoms with van der Waals surface area (Å²) < 4.78 is 2.84. The molecule has 16 heteroatoms. The molecule has 0 bridgehead atoms. The maximum Gasteiger partial charge on any atom is 0.267 e. The molecule has 12 nitrogen and oxygen atoms in total. The van der Waals surface area contributed by atoms with Gasteiger partial charge < -0.3 is 42.0 Å². The zero-order chi connectivity index (χ0) is 27.1. The molecule has 0 aromatic carbocycles. The number of anilines is 2. The Morgan fingerprint density at radius 3 is 2.03 bits per heavy atom. The van der Waals surface area contributed by atoms with E-state index < -0.39 is 0 Å². The van der Waals surface area contributed by atoms with Crippen molar-refractivity contribution in [1.29, 1.82) is 0 Å². The van der Waals surface area contributed by atoms with Crippen LogP contribution in [0.3, 0.4) is 0 Å². The number of amides is 2. The zero-order valence-corrected chi connectivity index (χ0v) is 25.8. The number of nitrogens with zero attached hydrogens (tertiary/aromatic N) is 2. The van der Waals surface area contributed by atoms with E-state index in [1.165, 1.54) is 0 Å². The minimum absolute atomic E-state index is 0.0925. The lowest BCUT2D eigenvalue weighted by atomic mass is 9.71. The molecule has 0 fully saturated rings. The van der Waals surface area contributed by atoms with Gasteiger partial charge in [-0.15, -0.1) is 0 Å². The molecule has 38 heavy (non-hydrogen) atoms. The van der Waals surface area contributed by atoms with Crippen molar-refractivity contribution in [3.05, 3.63) is 65.0 Å². The molecule has 1 aliphatic rings. The molecule has 2 amide bonds. The average Bonchev–Trinajstić information content (AvgIpc) is 3.63. The number of hydrogen-bond donors (Lipinski definition) is 8. The fourth-order valence-corrected chi connectivity index (χ4v) is 6.13. The molecule has 200 valence electrons. The number of rotatable bonds is 7. The molecule has 10 N–H and O–H groups in total. The number of H-pyrrole nitrogens is 4. The van der Waals surface area contributed by atoms with E-state index in [0.717, 1.165) is 26.0 Å². The maximum atomic E-state index is 13.0. The number of nitrogens with two attached hydrogens (primary N) is 2. The molecule has 4 heterocycles. The summed E-state index contributed by atoms with van der Waals surface area (Å²) in [5, 5.41) is 6.06. The Labute approximate surface area is 249 Å². The number of nitrogen functional groups attached to an aromatic ring is 2. The molecular formula is C22H22Br4N10O2. The molecule has 0 radical (unpaired) electrons. The summed E-state index contributed by atoms with van der Waals surface area (Å²) in [7, 11) is 0. The Bertz CT molecular complexity index is 1470. The summed E-state index contributed by atoms with van der Waals surface area (Å²) in [6.07, 6.45) is 2.23. The summed E-state index contributed by atoms with van der Waals surface area (Å²) in [6, 6.07) is 3.40. The highest BCUT2D eigenvalue weighted by atomic mass is 79.9. The summed E-state index contributed by atoms with van der Waals surface area (Å²) >= 11 is 13.5. The average molecular weight is 778 g/mol. The number of aromatic amines is 4. The van der Waals surface area contributed by atoms with Crippen LogP contribution in [0.2, 0.25) is 0 Å². The van der Waals surface area contributed by atoms with E-state index in [1.54, 1.807) is 18.3 Å². The molecule has 1 unspecified atom stereocenters. The minimum atomic E-state index is -0.310. The van der Waals surface area contributed by atoms with Gasteiger partial charge in [0.2, 0.25) is 0 Å². The molecular weight excluding hydrogens is 756 g/mol. The zero-order valence-electron chi connectivity index (χ0n) is 19.5. The summed E-state index contributed by atoms with van der Waals surface area (Å²) in [6.45, 7) is 0.634. The first kappa shape index (κ1) is 27.0. The monoisotopic (exact) mass is 774 g/mol. The smallest absolute Gasteiger partial charge is 0.267 e. The van der Waals surface area contributed by atoms with Crippen molar-refractivity contribution < 1.29 is 9.59 Å². The van der Waals surface area contributed by atoms with Gasteiger partial charge in [0.15, 0.2) is 11.9 Å². The van der Waals surface area contributed by atoms with Crippen LogP contribution >= 0.6 is 63.7 Å². The normalized spacial score (nSPS) is 18.8. The molecule has 5 rings (SSSR count). The fourth-order valence-electron chi connectivity index (χ4n) is 4.82. The van der Waals surface area contributed by atoms with Gasteiger partial charge in [-0.05, 0) is 94.1 Å². The van der Waals surface area contributed by atoms with Crippen LogP contribution in [0.5, 0.6) is 0 Å². The van der Waals surface area contributed by atoms with Crippen LogP contribution < -0.4 is 22.1 Å². The van der Waals surface area contributed by atoms with Crippen LogP contribution in [-0.2, 0) is 6.42 Å². The second-order valence-corrected chi connectivity index (χ2v) is 12.2. The van der Waals surface area contributed by atoms with Gasteiger partial charge in [-0.2, -0.15) is 0 Å². The van der Waals surface area contributed by atoms with Crippen LogP contribution in [0.1, 0.15) is 44.0 Å². The lowest BCUT2D eigenvalue weighted by Gasteiger charge is -2.37. The summed E-state index contributed by atoms with van der Waals surface area (Å²) in [5.74, 6) is -0.541. The van der Waals surface area contributed by atoms with Gasteiger partial charge in [0.05, 0.1) is 30.0 Å². The molecule has 4 aromatic heterocycles. The molecule has 3 atom stereocenters. The van der Waals surface area contributed by atoms with E-state index in [0.29, 0.717) is 46.1 Å². The first-order valence-electron chi connectivity index (χ1n) is 11.4. The first-order valence-corrected chi connectivity index (χ1v) is 14.6. The van der Waals surface area contributed by atoms with Crippen molar-refractivity contribution in [2.24, 2.45) is 11.8 Å². The third kappa shape index (κ3) is 5.44. The third-order valence-electron chi connectivity index (χ3n) is 6.54. The van der Waals surface area contributed by atoms with Crippen LogP contribution in [0.4, 0.5) is 11.9 Å². The maximum absolute atomic E-state index is 13.0. The first-order chi connectivity index (χ1) is 18.1. The third-order valence-corrected chi connectivity index (χ3v) is 10.1. The van der Waals surface area contributed by atoms with Crippen molar-refractivity contribution in [2.45, 2.75) is 12.3 Å². The van der Waals surface area contributed by atoms with Crippen molar-refractivity contribution in [1.82, 2.24) is 40.5 Å². The van der Waals surface area contributed by atoms with E-state index in [9.17, 15) is 9.59 Å². The lowest BCUT2D eigenvalue weighted by molar-refractivity contribution is 0.0906. The van der Waals surface area contributed by atoms with Gasteiger partial charge in [-0.25, -0.2) is 9.97 Å². The van der Waals surface area contributed by atoms with Crippen molar-refractivity contribution in [2.75, 3.05) is 24.6 Å². The highest BCUT2D eigenvalue weighted by Crippen LogP contribution is 2.42. The number of fused-ring (bicyclic) bond motifs is 1. The van der Waals surface area contributed by atoms with Crippen molar-refractivity contribution >= 4 is 87.4 Å². The Kier molecular flexibility index (Phi) is 7.75. The van der Waals surface area contributed by atoms with E-state index in [1.807, 2.05) is 0 Å². The van der Waals surface area contributed by atoms with Crippen LogP contribution in [0.15, 0.2) is 36.5 Å². The van der Waals surface area contributed by atoms with Gasteiger partial charge in [0, 0.05) is 30.4 Å². The van der Waals surface area contributed by atoms with Crippen molar-refractivity contribution in [3.8, 4) is 0 Å². The Hall–Kier alpha value is -2.56. The quantitative estimate of drug-likeness (QED) is 0.140. The highest BCUT2D eigenvalue weighted by molar-refractivity contribution is 9.13. The number of hydrogen-bond acceptors (Lipinski definition) is 6. The van der Waals surface area contributed by atoms with Gasteiger partial charge in [0.1, 0.15) is 11.4 Å². The second-order valence-electron chi connectivity index (χ2n) is 8.93.